The topological polar surface area (TPSA) is 52.6 Å². The molecule has 0 N–H and O–H groups in total. The highest BCUT2D eigenvalue weighted by Crippen LogP contribution is 2.52. The Bertz CT molecular complexity index is 791. The zero-order valence-electron chi connectivity index (χ0n) is 15.5. The van der Waals surface area contributed by atoms with E-state index in [9.17, 15) is 21.6 Å². The molecule has 0 aliphatic heterocycles. The van der Waals surface area contributed by atoms with Crippen LogP contribution in [-0.4, -0.2) is 27.1 Å². The van der Waals surface area contributed by atoms with E-state index in [1.54, 1.807) is 13.2 Å². The summed E-state index contributed by atoms with van der Waals surface area (Å²) in [5.41, 5.74) is -3.46. The minimum atomic E-state index is -5.66. The molecule has 0 heterocycles. The van der Waals surface area contributed by atoms with Crippen LogP contribution in [0.15, 0.2) is 18.2 Å². The normalized spacial score (nSPS) is 28.8. The van der Waals surface area contributed by atoms with Crippen LogP contribution < -0.4 is 4.18 Å². The molecule has 1 aromatic rings. The van der Waals surface area contributed by atoms with Crippen LogP contribution in [-0.2, 0) is 26.7 Å². The fourth-order valence-electron chi connectivity index (χ4n) is 4.93. The molecule has 0 saturated heterocycles. The molecule has 1 saturated carbocycles. The van der Waals surface area contributed by atoms with Gasteiger partial charge >= 0.3 is 15.6 Å². The highest BCUT2D eigenvalue weighted by Gasteiger charge is 2.49. The highest BCUT2D eigenvalue weighted by molar-refractivity contribution is 7.88. The molecule has 0 radical (unpaired) electrons. The average Bonchev–Trinajstić information content (AvgIpc) is 2.76. The molecule has 0 aromatic heterocycles. The molecule has 27 heavy (non-hydrogen) atoms. The molecule has 152 valence electrons. The summed E-state index contributed by atoms with van der Waals surface area (Å²) in [7, 11) is -3.92. The van der Waals surface area contributed by atoms with Gasteiger partial charge in [0.1, 0.15) is 5.75 Å². The Morgan fingerprint density at radius 2 is 2.00 bits per heavy atom. The van der Waals surface area contributed by atoms with Crippen molar-refractivity contribution in [2.45, 2.75) is 68.9 Å². The molecule has 3 unspecified atom stereocenters. The molecule has 0 amide bonds. The standard InChI is InChI=1S/C19H25F3O4S/c1-3-18-10-9-15(25-2)12-14(18)6-4-5-13-11-16(7-8-17(13)18)26-27(23,24)19(20,21)22/h7-8,11,14-15H,3-6,9-10,12H2,1-2H3. The van der Waals surface area contributed by atoms with Crippen molar-refractivity contribution >= 4 is 10.1 Å². The third kappa shape index (κ3) is 3.70. The summed E-state index contributed by atoms with van der Waals surface area (Å²) in [4.78, 5) is 0. The summed E-state index contributed by atoms with van der Waals surface area (Å²) < 4.78 is 70.4. The van der Waals surface area contributed by atoms with Crippen LogP contribution >= 0.6 is 0 Å². The van der Waals surface area contributed by atoms with E-state index in [0.29, 0.717) is 12.3 Å². The number of halogens is 3. The average molecular weight is 406 g/mol. The van der Waals surface area contributed by atoms with E-state index >= 15 is 0 Å². The number of aryl methyl sites for hydroxylation is 1. The number of alkyl halides is 3. The van der Waals surface area contributed by atoms with Crippen molar-refractivity contribution in [3.63, 3.8) is 0 Å². The second kappa shape index (κ2) is 7.28. The number of rotatable bonds is 4. The quantitative estimate of drug-likeness (QED) is 0.537. The van der Waals surface area contributed by atoms with Gasteiger partial charge in [-0.2, -0.15) is 21.6 Å². The number of hydrogen-bond acceptors (Lipinski definition) is 4. The Hall–Kier alpha value is -1.28. The number of methoxy groups -OCH3 is 1. The molecule has 2 aliphatic rings. The first-order valence-electron chi connectivity index (χ1n) is 9.30. The van der Waals surface area contributed by atoms with Crippen LogP contribution in [0, 0.1) is 5.92 Å². The van der Waals surface area contributed by atoms with Crippen molar-refractivity contribution in [3.8, 4) is 5.75 Å². The molecular weight excluding hydrogens is 381 g/mol. The van der Waals surface area contributed by atoms with E-state index < -0.39 is 15.6 Å². The summed E-state index contributed by atoms with van der Waals surface area (Å²) in [6.07, 6.45) is 6.70. The SMILES string of the molecule is CCC12CCC(OC)CC1CCCc1cc(OS(=O)(=O)C(F)(F)F)ccc12. The van der Waals surface area contributed by atoms with Gasteiger partial charge in [-0.1, -0.05) is 13.0 Å². The molecule has 8 heteroatoms. The number of ether oxygens (including phenoxy) is 1. The van der Waals surface area contributed by atoms with Crippen LogP contribution in [0.3, 0.4) is 0 Å². The molecule has 1 fully saturated rings. The second-order valence-corrected chi connectivity index (χ2v) is 9.07. The van der Waals surface area contributed by atoms with Gasteiger partial charge in [-0.15, -0.1) is 0 Å². The van der Waals surface area contributed by atoms with Gasteiger partial charge in [0.05, 0.1) is 6.10 Å². The molecule has 3 rings (SSSR count). The van der Waals surface area contributed by atoms with Gasteiger partial charge in [0.2, 0.25) is 0 Å². The van der Waals surface area contributed by atoms with Gasteiger partial charge in [0.25, 0.3) is 0 Å². The largest absolute Gasteiger partial charge is 0.534 e. The zero-order chi connectivity index (χ0) is 19.9. The van der Waals surface area contributed by atoms with E-state index in [-0.39, 0.29) is 17.3 Å². The zero-order valence-corrected chi connectivity index (χ0v) is 16.3. The third-order valence-corrected chi connectivity index (χ3v) is 7.29. The molecule has 0 spiro atoms. The Morgan fingerprint density at radius 3 is 2.63 bits per heavy atom. The molecular formula is C19H25F3O4S. The first-order valence-corrected chi connectivity index (χ1v) is 10.7. The van der Waals surface area contributed by atoms with Crippen molar-refractivity contribution in [3.05, 3.63) is 29.3 Å². The van der Waals surface area contributed by atoms with Crippen molar-refractivity contribution in [1.82, 2.24) is 0 Å². The lowest BCUT2D eigenvalue weighted by Crippen LogP contribution is -2.42. The lowest BCUT2D eigenvalue weighted by Gasteiger charge is -2.46. The van der Waals surface area contributed by atoms with Crippen LogP contribution in [0.5, 0.6) is 5.75 Å². The second-order valence-electron chi connectivity index (χ2n) is 7.53. The number of benzene rings is 1. The number of fused-ring (bicyclic) bond motifs is 3. The van der Waals surface area contributed by atoms with Crippen LogP contribution in [0.4, 0.5) is 13.2 Å². The summed E-state index contributed by atoms with van der Waals surface area (Å²) in [6, 6.07) is 4.59. The van der Waals surface area contributed by atoms with Gasteiger partial charge < -0.3 is 8.92 Å². The Labute approximate surface area is 158 Å². The van der Waals surface area contributed by atoms with Crippen molar-refractivity contribution < 1.29 is 30.5 Å². The Kier molecular flexibility index (Phi) is 5.51. The lowest BCUT2D eigenvalue weighted by molar-refractivity contribution is -0.0500. The monoisotopic (exact) mass is 406 g/mol. The van der Waals surface area contributed by atoms with E-state index in [0.717, 1.165) is 49.7 Å². The van der Waals surface area contributed by atoms with Gasteiger partial charge in [-0.25, -0.2) is 0 Å². The van der Waals surface area contributed by atoms with Gasteiger partial charge in [0.15, 0.2) is 0 Å². The summed E-state index contributed by atoms with van der Waals surface area (Å²) in [6.45, 7) is 2.15. The maximum Gasteiger partial charge on any atom is 0.534 e. The summed E-state index contributed by atoms with van der Waals surface area (Å²) in [5, 5.41) is 0. The van der Waals surface area contributed by atoms with Crippen LogP contribution in [0.25, 0.3) is 0 Å². The smallest absolute Gasteiger partial charge is 0.381 e. The van der Waals surface area contributed by atoms with E-state index in [1.807, 2.05) is 0 Å². The molecule has 1 aromatic carbocycles. The molecule has 4 nitrogen and oxygen atoms in total. The summed E-state index contributed by atoms with van der Waals surface area (Å²) >= 11 is 0. The minimum absolute atomic E-state index is 0.0394. The number of hydrogen-bond donors (Lipinski definition) is 0. The Morgan fingerprint density at radius 1 is 1.26 bits per heavy atom. The van der Waals surface area contributed by atoms with Gasteiger partial charge in [0, 0.05) is 7.11 Å². The first kappa shape index (κ1) is 20.5. The van der Waals surface area contributed by atoms with Crippen molar-refractivity contribution in [1.29, 1.82) is 0 Å². The van der Waals surface area contributed by atoms with Gasteiger partial charge in [-0.05, 0) is 79.5 Å². The van der Waals surface area contributed by atoms with Crippen molar-refractivity contribution in [2.75, 3.05) is 7.11 Å². The third-order valence-electron chi connectivity index (χ3n) is 6.31. The van der Waals surface area contributed by atoms with E-state index in [2.05, 4.69) is 11.1 Å². The van der Waals surface area contributed by atoms with Crippen LogP contribution in [0.2, 0.25) is 0 Å². The first-order chi connectivity index (χ1) is 12.6. The minimum Gasteiger partial charge on any atom is -0.381 e. The fraction of sp³-hybridized carbons (Fsp3) is 0.684. The predicted octanol–water partition coefficient (Wildman–Crippen LogP) is 4.71. The van der Waals surface area contributed by atoms with E-state index in [4.69, 9.17) is 4.74 Å². The van der Waals surface area contributed by atoms with E-state index in [1.165, 1.54) is 12.1 Å². The lowest BCUT2D eigenvalue weighted by atomic mass is 9.59. The van der Waals surface area contributed by atoms with Gasteiger partial charge in [-0.3, -0.25) is 0 Å². The predicted molar refractivity (Wildman–Crippen MR) is 95.1 cm³/mol. The molecule has 2 aliphatic carbocycles. The fourth-order valence-corrected chi connectivity index (χ4v) is 5.38. The summed E-state index contributed by atoms with van der Waals surface area (Å²) in [5.74, 6) is 0.175. The highest BCUT2D eigenvalue weighted by atomic mass is 32.2. The maximum atomic E-state index is 12.6. The van der Waals surface area contributed by atoms with Crippen LogP contribution in [0.1, 0.15) is 56.6 Å². The maximum absolute atomic E-state index is 12.6. The van der Waals surface area contributed by atoms with Crippen molar-refractivity contribution in [2.24, 2.45) is 5.92 Å². The molecule has 0 bridgehead atoms. The Balaban J connectivity index is 1.97. The molecule has 3 atom stereocenters.